The summed E-state index contributed by atoms with van der Waals surface area (Å²) in [5.74, 6) is 0.499. The molecule has 162 valence electrons. The molecule has 1 saturated heterocycles. The van der Waals surface area contributed by atoms with Crippen LogP contribution in [0.4, 0.5) is 0 Å². The summed E-state index contributed by atoms with van der Waals surface area (Å²) in [6, 6.07) is 3.67. The molecule has 0 spiro atoms. The van der Waals surface area contributed by atoms with Crippen LogP contribution in [0.2, 0.25) is 0 Å². The van der Waals surface area contributed by atoms with Gasteiger partial charge in [0, 0.05) is 19.9 Å². The van der Waals surface area contributed by atoms with Crippen molar-refractivity contribution < 1.29 is 14.0 Å². The maximum Gasteiger partial charge on any atom is 0.220 e. The van der Waals surface area contributed by atoms with Crippen LogP contribution in [-0.2, 0) is 9.59 Å². The molecule has 0 bridgehead atoms. The van der Waals surface area contributed by atoms with E-state index >= 15 is 0 Å². The van der Waals surface area contributed by atoms with Gasteiger partial charge in [-0.2, -0.15) is 0 Å². The quantitative estimate of drug-likeness (QED) is 0.378. The number of amides is 2. The lowest BCUT2D eigenvalue weighted by Gasteiger charge is -2.13. The van der Waals surface area contributed by atoms with Gasteiger partial charge in [0.05, 0.1) is 12.5 Å². The van der Waals surface area contributed by atoms with Crippen LogP contribution in [0.3, 0.4) is 0 Å². The third kappa shape index (κ3) is 29.6. The van der Waals surface area contributed by atoms with Gasteiger partial charge in [-0.15, -0.1) is 12.4 Å². The molecule has 1 aromatic heterocycles. The van der Waals surface area contributed by atoms with Crippen molar-refractivity contribution in [1.82, 2.24) is 5.32 Å². The Morgan fingerprint density at radius 3 is 1.96 bits per heavy atom. The van der Waals surface area contributed by atoms with Crippen molar-refractivity contribution >= 4 is 59.0 Å². The summed E-state index contributed by atoms with van der Waals surface area (Å²) in [6.07, 6.45) is 11.9. The SMILES string of the molecule is C=C1CCC=CC1C.CC(N)=O.Cl.ClC(Cl)Cl.O=C1CCCN1.c1ccoc1. The zero-order valence-corrected chi connectivity index (χ0v) is 19.3. The fourth-order valence-electron chi connectivity index (χ4n) is 1.72. The van der Waals surface area contributed by atoms with Crippen molar-refractivity contribution in [2.24, 2.45) is 11.7 Å². The van der Waals surface area contributed by atoms with E-state index in [9.17, 15) is 9.59 Å². The van der Waals surface area contributed by atoms with E-state index < -0.39 is 4.30 Å². The lowest BCUT2D eigenvalue weighted by Crippen LogP contribution is -2.12. The Kier molecular flexibility index (Phi) is 25.0. The van der Waals surface area contributed by atoms with E-state index in [-0.39, 0.29) is 24.2 Å². The number of hydrogen-bond acceptors (Lipinski definition) is 3. The van der Waals surface area contributed by atoms with Gasteiger partial charge in [-0.1, -0.05) is 66.0 Å². The molecule has 1 aliphatic carbocycles. The Labute approximate surface area is 189 Å². The molecule has 0 radical (unpaired) electrons. The molecule has 0 saturated carbocycles. The van der Waals surface area contributed by atoms with Crippen LogP contribution < -0.4 is 11.1 Å². The smallest absolute Gasteiger partial charge is 0.220 e. The second-order valence-electron chi connectivity index (χ2n) is 5.52. The Balaban J connectivity index is -0.000000285. The minimum atomic E-state index is -0.750. The normalized spacial score (nSPS) is 16.3. The second-order valence-corrected chi connectivity index (χ2v) is 7.50. The molecule has 5 nitrogen and oxygen atoms in total. The highest BCUT2D eigenvalue weighted by molar-refractivity contribution is 6.63. The molecule has 28 heavy (non-hydrogen) atoms. The molecule has 2 amide bonds. The zero-order valence-electron chi connectivity index (χ0n) is 16.2. The first-order valence-corrected chi connectivity index (χ1v) is 9.74. The summed E-state index contributed by atoms with van der Waals surface area (Å²) in [5, 5.41) is 2.68. The summed E-state index contributed by atoms with van der Waals surface area (Å²) >= 11 is 14.4. The van der Waals surface area contributed by atoms with Crippen molar-refractivity contribution in [3.8, 4) is 0 Å². The van der Waals surface area contributed by atoms with Gasteiger partial charge in [0.15, 0.2) is 4.30 Å². The predicted molar refractivity (Wildman–Crippen MR) is 121 cm³/mol. The van der Waals surface area contributed by atoms with E-state index in [1.807, 2.05) is 12.1 Å². The maximum absolute atomic E-state index is 10.1. The number of allylic oxidation sites excluding steroid dienone is 3. The fraction of sp³-hybridized carbons (Fsp3) is 0.474. The molecular formula is C19H30Cl4N2O3. The average molecular weight is 476 g/mol. The van der Waals surface area contributed by atoms with Gasteiger partial charge in [-0.3, -0.25) is 9.59 Å². The summed E-state index contributed by atoms with van der Waals surface area (Å²) in [4.78, 5) is 19.4. The molecule has 2 heterocycles. The average Bonchev–Trinajstić information content (AvgIpc) is 3.26. The van der Waals surface area contributed by atoms with Crippen molar-refractivity contribution in [3.05, 3.63) is 49.0 Å². The van der Waals surface area contributed by atoms with Gasteiger partial charge in [0.1, 0.15) is 0 Å². The van der Waals surface area contributed by atoms with Gasteiger partial charge in [-0.05, 0) is 37.3 Å². The summed E-state index contributed by atoms with van der Waals surface area (Å²) in [7, 11) is 0. The van der Waals surface area contributed by atoms with Gasteiger partial charge >= 0.3 is 0 Å². The number of nitrogens with two attached hydrogens (primary N) is 1. The van der Waals surface area contributed by atoms with Crippen molar-refractivity contribution in [2.45, 2.75) is 43.8 Å². The number of alkyl halides is 3. The minimum Gasteiger partial charge on any atom is -0.473 e. The molecule has 1 aromatic rings. The molecule has 9 heteroatoms. The van der Waals surface area contributed by atoms with Crippen molar-refractivity contribution in [2.75, 3.05) is 6.54 Å². The number of primary amides is 1. The van der Waals surface area contributed by atoms with E-state index in [1.165, 1.54) is 25.3 Å². The molecule has 0 aromatic carbocycles. The lowest BCUT2D eigenvalue weighted by molar-refractivity contribution is -0.119. The van der Waals surface area contributed by atoms with E-state index in [2.05, 4.69) is 41.1 Å². The standard InChI is InChI=1S/C8H12.C4H7NO.C4H4O.C2H5NO.CHCl3.ClH/c1-7-5-3-4-6-8(7)2;6-4-2-1-3-5-4;1-2-4-5-3-1;1-2(3)4;2-1(3)4;/h4,6,8H,1,3,5H2,2H3;1-3H2,(H,5,6);1-4H;1H3,(H2,3,4);1H;1H. The highest BCUT2D eigenvalue weighted by Crippen LogP contribution is 2.20. The summed E-state index contributed by atoms with van der Waals surface area (Å²) in [6.45, 7) is 8.33. The van der Waals surface area contributed by atoms with Gasteiger partial charge in [0.2, 0.25) is 11.8 Å². The molecule has 1 fully saturated rings. The van der Waals surface area contributed by atoms with Crippen LogP contribution in [0.15, 0.2) is 53.4 Å². The van der Waals surface area contributed by atoms with Crippen LogP contribution in [0, 0.1) is 5.92 Å². The number of hydrogen-bond donors (Lipinski definition) is 2. The predicted octanol–water partition coefficient (Wildman–Crippen LogP) is 5.60. The highest BCUT2D eigenvalue weighted by atomic mass is 35.6. The molecular weight excluding hydrogens is 446 g/mol. The Morgan fingerprint density at radius 1 is 1.29 bits per heavy atom. The fourth-order valence-corrected chi connectivity index (χ4v) is 1.72. The molecule has 2 aliphatic rings. The van der Waals surface area contributed by atoms with E-state index in [4.69, 9.17) is 34.8 Å². The first-order chi connectivity index (χ1) is 12.7. The van der Waals surface area contributed by atoms with Crippen LogP contribution in [0.5, 0.6) is 0 Å². The van der Waals surface area contributed by atoms with Crippen LogP contribution >= 0.6 is 47.2 Å². The van der Waals surface area contributed by atoms with E-state index in [0.717, 1.165) is 19.4 Å². The topological polar surface area (TPSA) is 85.3 Å². The first kappa shape index (κ1) is 31.6. The summed E-state index contributed by atoms with van der Waals surface area (Å²) in [5.41, 5.74) is 5.85. The molecule has 3 rings (SSSR count). The molecule has 1 unspecified atom stereocenters. The molecule has 3 N–H and O–H groups in total. The van der Waals surface area contributed by atoms with Crippen molar-refractivity contribution in [3.63, 3.8) is 0 Å². The van der Waals surface area contributed by atoms with Crippen LogP contribution in [-0.4, -0.2) is 22.7 Å². The highest BCUT2D eigenvalue weighted by Gasteiger charge is 2.05. The summed E-state index contributed by atoms with van der Waals surface area (Å²) < 4.78 is 3.83. The third-order valence-electron chi connectivity index (χ3n) is 3.03. The number of halogens is 4. The van der Waals surface area contributed by atoms with E-state index in [0.29, 0.717) is 5.92 Å². The minimum absolute atomic E-state index is 0. The lowest BCUT2D eigenvalue weighted by atomic mass is 9.93. The number of rotatable bonds is 0. The third-order valence-corrected chi connectivity index (χ3v) is 3.03. The van der Waals surface area contributed by atoms with Crippen LogP contribution in [0.1, 0.15) is 39.5 Å². The molecule has 1 aliphatic heterocycles. The number of nitrogens with one attached hydrogen (secondary N) is 1. The Bertz CT molecular complexity index is 503. The largest absolute Gasteiger partial charge is 0.473 e. The Morgan fingerprint density at radius 2 is 1.79 bits per heavy atom. The van der Waals surface area contributed by atoms with Crippen molar-refractivity contribution in [1.29, 1.82) is 0 Å². The van der Waals surface area contributed by atoms with Crippen LogP contribution in [0.25, 0.3) is 0 Å². The Hall–Kier alpha value is -1.14. The zero-order chi connectivity index (χ0) is 21.1. The monoisotopic (exact) mass is 474 g/mol. The van der Waals surface area contributed by atoms with Gasteiger partial charge < -0.3 is 15.5 Å². The molecule has 1 atom stereocenters. The first-order valence-electron chi connectivity index (χ1n) is 8.43. The van der Waals surface area contributed by atoms with Gasteiger partial charge in [0.25, 0.3) is 0 Å². The number of furan rings is 1. The number of carbonyl (C=O) groups excluding carboxylic acids is 2. The van der Waals surface area contributed by atoms with E-state index in [1.54, 1.807) is 12.5 Å². The maximum atomic E-state index is 10.1. The second kappa shape index (κ2) is 22.2. The van der Waals surface area contributed by atoms with Gasteiger partial charge in [-0.25, -0.2) is 0 Å². The number of carbonyl (C=O) groups is 2.